The molecule has 0 saturated carbocycles. The summed E-state index contributed by atoms with van der Waals surface area (Å²) < 4.78 is 0. The third kappa shape index (κ3) is 7.71. The summed E-state index contributed by atoms with van der Waals surface area (Å²) in [4.78, 5) is 29.2. The average molecular weight is 238 g/mol. The van der Waals surface area contributed by atoms with E-state index in [1.807, 2.05) is 0 Å². The molecule has 0 heterocycles. The molecule has 8 nitrogen and oxygen atoms in total. The zero-order valence-corrected chi connectivity index (χ0v) is 8.69. The molecule has 16 heavy (non-hydrogen) atoms. The second-order valence-electron chi connectivity index (χ2n) is 3.06. The van der Waals surface area contributed by atoms with Crippen LogP contribution >= 0.6 is 0 Å². The molecule has 0 aliphatic rings. The lowest BCUT2D eigenvalue weighted by atomic mass is 10.2. The highest BCUT2D eigenvalue weighted by molar-refractivity contribution is 5.83. The van der Waals surface area contributed by atoms with Crippen LogP contribution in [0.1, 0.15) is 13.8 Å². The van der Waals surface area contributed by atoms with Crippen LogP contribution in [-0.2, 0) is 14.4 Å². The number of carboxylic acid groups (broad SMARTS) is 3. The van der Waals surface area contributed by atoms with E-state index >= 15 is 0 Å². The van der Waals surface area contributed by atoms with E-state index in [9.17, 15) is 14.4 Å². The van der Waals surface area contributed by atoms with Gasteiger partial charge in [0.25, 0.3) is 0 Å². The normalized spacial score (nSPS) is 13.3. The van der Waals surface area contributed by atoms with Crippen molar-refractivity contribution in [3.05, 3.63) is 0 Å². The summed E-state index contributed by atoms with van der Waals surface area (Å²) in [5.41, 5.74) is 0. The Bertz CT molecular complexity index is 241. The lowest BCUT2D eigenvalue weighted by molar-refractivity contribution is -0.165. The number of carboxylic acids is 3. The molecule has 0 aromatic heterocycles. The molecule has 0 aliphatic heterocycles. The molecule has 5 N–H and O–H groups in total. The van der Waals surface area contributed by atoms with E-state index < -0.39 is 30.1 Å². The molecule has 0 bridgehead atoms. The number of aliphatic hydroxyl groups excluding tert-OH is 2. The molecule has 0 aromatic carbocycles. The number of carbonyl (C=O) groups is 3. The van der Waals surface area contributed by atoms with Crippen LogP contribution in [0.2, 0.25) is 0 Å². The fraction of sp³-hybridized carbons (Fsp3) is 0.625. The molecule has 0 fully saturated rings. The number of hydrogen-bond acceptors (Lipinski definition) is 5. The van der Waals surface area contributed by atoms with E-state index in [4.69, 9.17) is 25.5 Å². The van der Waals surface area contributed by atoms with E-state index in [0.717, 1.165) is 0 Å². The zero-order valence-electron chi connectivity index (χ0n) is 8.69. The zero-order chi connectivity index (χ0) is 13.5. The van der Waals surface area contributed by atoms with Gasteiger partial charge in [-0.2, -0.15) is 0 Å². The van der Waals surface area contributed by atoms with Gasteiger partial charge in [0, 0.05) is 0 Å². The Hall–Kier alpha value is -1.67. The number of aliphatic carboxylic acids is 3. The van der Waals surface area contributed by atoms with Crippen molar-refractivity contribution in [1.82, 2.24) is 0 Å². The summed E-state index contributed by atoms with van der Waals surface area (Å²) in [5.74, 6) is -4.51. The number of rotatable bonds is 4. The van der Waals surface area contributed by atoms with Gasteiger partial charge < -0.3 is 25.5 Å². The summed E-state index contributed by atoms with van der Waals surface area (Å²) in [6.07, 6.45) is -4.53. The van der Waals surface area contributed by atoms with E-state index in [0.29, 0.717) is 0 Å². The lowest BCUT2D eigenvalue weighted by Crippen LogP contribution is -2.39. The molecule has 0 saturated heterocycles. The van der Waals surface area contributed by atoms with Gasteiger partial charge in [-0.25, -0.2) is 9.59 Å². The SMILES string of the molecule is CC(C)C(=O)O.O=C(O)C(O)C(O)C(=O)O. The fourth-order valence-corrected chi connectivity index (χ4v) is 0.270. The van der Waals surface area contributed by atoms with Crippen molar-refractivity contribution in [3.8, 4) is 0 Å². The lowest BCUT2D eigenvalue weighted by Gasteiger charge is -2.07. The first-order valence-corrected chi connectivity index (χ1v) is 4.15. The van der Waals surface area contributed by atoms with Crippen molar-refractivity contribution in [2.75, 3.05) is 0 Å². The number of aliphatic hydroxyl groups is 2. The van der Waals surface area contributed by atoms with Crippen LogP contribution in [0.25, 0.3) is 0 Å². The highest BCUT2D eigenvalue weighted by Crippen LogP contribution is 1.92. The van der Waals surface area contributed by atoms with Gasteiger partial charge in [0.2, 0.25) is 0 Å². The van der Waals surface area contributed by atoms with Crippen LogP contribution < -0.4 is 0 Å². The topological polar surface area (TPSA) is 152 Å². The second kappa shape index (κ2) is 7.60. The van der Waals surface area contributed by atoms with Crippen LogP contribution in [0.15, 0.2) is 0 Å². The number of hydrogen-bond donors (Lipinski definition) is 5. The molecule has 0 spiro atoms. The van der Waals surface area contributed by atoms with Gasteiger partial charge in [0.15, 0.2) is 12.2 Å². The Morgan fingerprint density at radius 3 is 1.00 bits per heavy atom. The monoisotopic (exact) mass is 238 g/mol. The first-order valence-electron chi connectivity index (χ1n) is 4.15. The van der Waals surface area contributed by atoms with Crippen LogP contribution in [0.5, 0.6) is 0 Å². The quantitative estimate of drug-likeness (QED) is 0.401. The third-order valence-corrected chi connectivity index (χ3v) is 1.30. The van der Waals surface area contributed by atoms with Crippen molar-refractivity contribution in [3.63, 3.8) is 0 Å². The summed E-state index contributed by atoms with van der Waals surface area (Å²) in [5, 5.41) is 40.5. The minimum absolute atomic E-state index is 0.231. The molecule has 2 unspecified atom stereocenters. The molecule has 94 valence electrons. The van der Waals surface area contributed by atoms with Gasteiger partial charge in [0.05, 0.1) is 5.92 Å². The smallest absolute Gasteiger partial charge is 0.335 e. The van der Waals surface area contributed by atoms with Gasteiger partial charge in [-0.05, 0) is 0 Å². The van der Waals surface area contributed by atoms with Crippen molar-refractivity contribution in [1.29, 1.82) is 0 Å². The summed E-state index contributed by atoms with van der Waals surface area (Å²) in [6, 6.07) is 0. The van der Waals surface area contributed by atoms with Crippen LogP contribution in [0, 0.1) is 5.92 Å². The maximum absolute atomic E-state index is 9.77. The summed E-state index contributed by atoms with van der Waals surface area (Å²) in [6.45, 7) is 3.28. The highest BCUT2D eigenvalue weighted by atomic mass is 16.4. The van der Waals surface area contributed by atoms with Crippen molar-refractivity contribution < 1.29 is 39.9 Å². The first-order chi connectivity index (χ1) is 7.11. The Labute approximate surface area is 90.8 Å². The molecule has 0 radical (unpaired) electrons. The van der Waals surface area contributed by atoms with Crippen molar-refractivity contribution in [2.24, 2.45) is 5.92 Å². The Kier molecular flexibility index (Phi) is 7.96. The molecule has 0 rings (SSSR count). The van der Waals surface area contributed by atoms with Crippen molar-refractivity contribution in [2.45, 2.75) is 26.1 Å². The van der Waals surface area contributed by atoms with E-state index in [-0.39, 0.29) is 5.92 Å². The molecule has 0 aliphatic carbocycles. The van der Waals surface area contributed by atoms with Crippen LogP contribution in [-0.4, -0.2) is 55.6 Å². The van der Waals surface area contributed by atoms with Gasteiger partial charge >= 0.3 is 17.9 Å². The molecule has 8 heteroatoms. The largest absolute Gasteiger partial charge is 0.481 e. The maximum atomic E-state index is 9.77. The first kappa shape index (κ1) is 16.7. The molecule has 0 amide bonds. The third-order valence-electron chi connectivity index (χ3n) is 1.30. The molecular formula is C8H14O8. The van der Waals surface area contributed by atoms with E-state index in [1.54, 1.807) is 13.8 Å². The van der Waals surface area contributed by atoms with Gasteiger partial charge in [-0.3, -0.25) is 4.79 Å². The predicted molar refractivity (Wildman–Crippen MR) is 49.8 cm³/mol. The van der Waals surface area contributed by atoms with Gasteiger partial charge in [-0.15, -0.1) is 0 Å². The minimum atomic E-state index is -2.27. The van der Waals surface area contributed by atoms with Crippen LogP contribution in [0.3, 0.4) is 0 Å². The molecular weight excluding hydrogens is 224 g/mol. The highest BCUT2D eigenvalue weighted by Gasteiger charge is 2.29. The average Bonchev–Trinajstić information content (AvgIpc) is 2.15. The van der Waals surface area contributed by atoms with Gasteiger partial charge in [0.1, 0.15) is 0 Å². The Balaban J connectivity index is 0. The van der Waals surface area contributed by atoms with Crippen molar-refractivity contribution >= 4 is 17.9 Å². The maximum Gasteiger partial charge on any atom is 0.335 e. The summed E-state index contributed by atoms with van der Waals surface area (Å²) in [7, 11) is 0. The summed E-state index contributed by atoms with van der Waals surface area (Å²) >= 11 is 0. The minimum Gasteiger partial charge on any atom is -0.481 e. The van der Waals surface area contributed by atoms with E-state index in [1.165, 1.54) is 0 Å². The predicted octanol–water partition coefficient (Wildman–Crippen LogP) is -1.40. The Morgan fingerprint density at radius 1 is 0.750 bits per heavy atom. The molecule has 0 aromatic rings. The Morgan fingerprint density at radius 2 is 0.938 bits per heavy atom. The molecule has 2 atom stereocenters. The standard InChI is InChI=1S/C4H6O6.C4H8O2/c5-1(3(7)8)2(6)4(9)10;1-3(2)4(5)6/h1-2,5-6H,(H,7,8)(H,9,10);3H,1-2H3,(H,5,6). The van der Waals surface area contributed by atoms with E-state index in [2.05, 4.69) is 0 Å². The second-order valence-corrected chi connectivity index (χ2v) is 3.06. The van der Waals surface area contributed by atoms with Gasteiger partial charge in [-0.1, -0.05) is 13.8 Å². The fourth-order valence-electron chi connectivity index (χ4n) is 0.270. The van der Waals surface area contributed by atoms with Crippen LogP contribution in [0.4, 0.5) is 0 Å².